The van der Waals surface area contributed by atoms with Crippen molar-refractivity contribution in [1.29, 1.82) is 0 Å². The molecule has 8 heteroatoms. The number of aromatic nitrogens is 1. The molecule has 0 saturated carbocycles. The highest BCUT2D eigenvalue weighted by Gasteiger charge is 2.30. The van der Waals surface area contributed by atoms with E-state index in [9.17, 15) is 9.59 Å². The van der Waals surface area contributed by atoms with Gasteiger partial charge in [0.25, 0.3) is 5.91 Å². The predicted octanol–water partition coefficient (Wildman–Crippen LogP) is 4.33. The maximum absolute atomic E-state index is 12.4. The minimum atomic E-state index is -0.898. The summed E-state index contributed by atoms with van der Waals surface area (Å²) in [5.41, 5.74) is -0.432. The van der Waals surface area contributed by atoms with Gasteiger partial charge in [0.15, 0.2) is 11.8 Å². The number of hydrogen-bond acceptors (Lipinski definition) is 5. The molecule has 0 aromatic carbocycles. The summed E-state index contributed by atoms with van der Waals surface area (Å²) in [4.78, 5) is 24.7. The van der Waals surface area contributed by atoms with E-state index in [1.165, 1.54) is 0 Å². The van der Waals surface area contributed by atoms with E-state index in [0.717, 1.165) is 18.0 Å². The first-order chi connectivity index (χ1) is 10.6. The van der Waals surface area contributed by atoms with Gasteiger partial charge in [-0.25, -0.2) is 4.79 Å². The zero-order valence-electron chi connectivity index (χ0n) is 13.9. The third kappa shape index (κ3) is 5.94. The Bertz CT molecular complexity index is 573. The monoisotopic (exact) mass is 380 g/mol. The van der Waals surface area contributed by atoms with Crippen LogP contribution in [0.1, 0.15) is 57.9 Å². The number of nitrogens with zero attached hydrogens (tertiary/aromatic N) is 1. The number of carbonyl (C=O) groups excluding carboxylic acids is 2. The summed E-state index contributed by atoms with van der Waals surface area (Å²) in [6.45, 7) is 9.70. The van der Waals surface area contributed by atoms with E-state index >= 15 is 0 Å². The number of halogens is 2. The van der Waals surface area contributed by atoms with Crippen LogP contribution in [0.5, 0.6) is 0 Å². The van der Waals surface area contributed by atoms with E-state index in [4.69, 9.17) is 27.9 Å². The minimum absolute atomic E-state index is 0.0549. The van der Waals surface area contributed by atoms with Crippen molar-refractivity contribution in [3.63, 3.8) is 0 Å². The van der Waals surface area contributed by atoms with Gasteiger partial charge in [0.05, 0.1) is 0 Å². The molecule has 5 nitrogen and oxygen atoms in total. The number of amides is 1. The van der Waals surface area contributed by atoms with E-state index in [2.05, 4.69) is 9.69 Å². The summed E-state index contributed by atoms with van der Waals surface area (Å²) in [6, 6.07) is 0. The first kappa shape index (κ1) is 20.2. The molecule has 0 fully saturated rings. The average Bonchev–Trinajstić information content (AvgIpc) is 2.77. The molecule has 0 radical (unpaired) electrons. The largest absolute Gasteiger partial charge is 0.447 e. The van der Waals surface area contributed by atoms with Crippen molar-refractivity contribution in [2.24, 2.45) is 5.92 Å². The number of hydrogen-bond donors (Lipinski definition) is 1. The third-order valence-corrected chi connectivity index (χ3v) is 4.97. The van der Waals surface area contributed by atoms with E-state index in [0.29, 0.717) is 6.42 Å². The lowest BCUT2D eigenvalue weighted by Gasteiger charge is -2.28. The molecule has 0 saturated heterocycles. The number of ether oxygens (including phenoxy) is 1. The second kappa shape index (κ2) is 8.31. The average molecular weight is 381 g/mol. The van der Waals surface area contributed by atoms with E-state index in [1.54, 1.807) is 0 Å². The summed E-state index contributed by atoms with van der Waals surface area (Å²) in [5.74, 6) is -0.887. The quantitative estimate of drug-likeness (QED) is 0.714. The Balaban J connectivity index is 2.88. The van der Waals surface area contributed by atoms with Crippen LogP contribution in [0, 0.1) is 5.92 Å². The zero-order chi connectivity index (χ0) is 17.8. The van der Waals surface area contributed by atoms with Crippen molar-refractivity contribution in [2.75, 3.05) is 0 Å². The first-order valence-corrected chi connectivity index (χ1v) is 8.94. The van der Waals surface area contributed by atoms with Crippen molar-refractivity contribution in [3.05, 3.63) is 15.1 Å². The first-order valence-electron chi connectivity index (χ1n) is 7.41. The number of esters is 1. The van der Waals surface area contributed by atoms with Gasteiger partial charge in [-0.1, -0.05) is 44.0 Å². The molecule has 1 heterocycles. The highest BCUT2D eigenvalue weighted by molar-refractivity contribution is 7.11. The van der Waals surface area contributed by atoms with Crippen LogP contribution in [0.4, 0.5) is 0 Å². The van der Waals surface area contributed by atoms with Crippen LogP contribution in [0.25, 0.3) is 0 Å². The molecule has 130 valence electrons. The normalized spacial score (nSPS) is 13.0. The fraction of sp³-hybridized carbons (Fsp3) is 0.667. The second-order valence-electron chi connectivity index (χ2n) is 6.37. The molecule has 0 spiro atoms. The zero-order valence-corrected chi connectivity index (χ0v) is 16.2. The molecule has 0 aliphatic rings. The van der Waals surface area contributed by atoms with Crippen molar-refractivity contribution in [3.8, 4) is 0 Å². The number of nitrogens with one attached hydrogen (secondary N) is 1. The Labute approximate surface area is 150 Å². The lowest BCUT2D eigenvalue weighted by atomic mass is 10.00. The van der Waals surface area contributed by atoms with Gasteiger partial charge in [-0.3, -0.25) is 4.79 Å². The topological polar surface area (TPSA) is 68.3 Å². The maximum atomic E-state index is 12.4. The fourth-order valence-electron chi connectivity index (χ4n) is 1.71. The predicted molar refractivity (Wildman–Crippen MR) is 93.3 cm³/mol. The highest BCUT2D eigenvalue weighted by Crippen LogP contribution is 2.30. The molecule has 1 aromatic heterocycles. The molecular formula is C15H22Cl2N2O3S. The van der Waals surface area contributed by atoms with Crippen molar-refractivity contribution < 1.29 is 14.3 Å². The molecular weight excluding hydrogens is 359 g/mol. The summed E-state index contributed by atoms with van der Waals surface area (Å²) >= 11 is 12.6. The molecule has 1 unspecified atom stereocenters. The summed E-state index contributed by atoms with van der Waals surface area (Å²) in [7, 11) is 0. The van der Waals surface area contributed by atoms with Gasteiger partial charge >= 0.3 is 5.97 Å². The Morgan fingerprint density at radius 3 is 2.39 bits per heavy atom. The molecule has 1 atom stereocenters. The number of carbonyl (C=O) groups is 2. The molecule has 1 rings (SSSR count). The van der Waals surface area contributed by atoms with Gasteiger partial charge in [-0.15, -0.1) is 0 Å². The third-order valence-electron chi connectivity index (χ3n) is 3.36. The van der Waals surface area contributed by atoms with E-state index in [-0.39, 0.29) is 32.4 Å². The lowest BCUT2D eigenvalue weighted by molar-refractivity contribution is -0.132. The molecule has 0 bridgehead atoms. The Hall–Kier alpha value is -0.850. The van der Waals surface area contributed by atoms with Crippen LogP contribution in [0.2, 0.25) is 9.36 Å². The Morgan fingerprint density at radius 1 is 1.35 bits per heavy atom. The van der Waals surface area contributed by atoms with Crippen molar-refractivity contribution >= 4 is 46.6 Å². The maximum Gasteiger partial charge on any atom is 0.360 e. The van der Waals surface area contributed by atoms with E-state index in [1.807, 2.05) is 34.6 Å². The molecule has 0 aliphatic carbocycles. The minimum Gasteiger partial charge on any atom is -0.447 e. The Kier molecular flexibility index (Phi) is 7.29. The van der Waals surface area contributed by atoms with E-state index < -0.39 is 12.1 Å². The summed E-state index contributed by atoms with van der Waals surface area (Å²) < 4.78 is 9.43. The molecule has 1 amide bonds. The number of rotatable bonds is 7. The van der Waals surface area contributed by atoms with Crippen molar-refractivity contribution in [1.82, 2.24) is 9.69 Å². The fourth-order valence-corrected chi connectivity index (χ4v) is 2.69. The van der Waals surface area contributed by atoms with Gasteiger partial charge in [0.2, 0.25) is 0 Å². The SMILES string of the molecule is CCC(C)(C)NC(=O)C(CC(C)C)OC(=O)c1nsc(Cl)c1Cl. The molecule has 1 N–H and O–H groups in total. The lowest BCUT2D eigenvalue weighted by Crippen LogP contribution is -2.49. The highest BCUT2D eigenvalue weighted by atomic mass is 35.5. The summed E-state index contributed by atoms with van der Waals surface area (Å²) in [5, 5.41) is 2.95. The smallest absolute Gasteiger partial charge is 0.360 e. The Morgan fingerprint density at radius 2 is 1.96 bits per heavy atom. The van der Waals surface area contributed by atoms with Crippen LogP contribution < -0.4 is 5.32 Å². The van der Waals surface area contributed by atoms with Gasteiger partial charge in [-0.05, 0) is 44.1 Å². The molecule has 23 heavy (non-hydrogen) atoms. The van der Waals surface area contributed by atoms with Crippen LogP contribution >= 0.6 is 34.7 Å². The van der Waals surface area contributed by atoms with Gasteiger partial charge in [0, 0.05) is 5.54 Å². The second-order valence-corrected chi connectivity index (χ2v) is 8.12. The molecule has 0 aliphatic heterocycles. The van der Waals surface area contributed by atoms with Crippen LogP contribution in [0.15, 0.2) is 0 Å². The van der Waals surface area contributed by atoms with Crippen LogP contribution in [-0.4, -0.2) is 27.9 Å². The van der Waals surface area contributed by atoms with Gasteiger partial charge in [-0.2, -0.15) is 4.37 Å². The van der Waals surface area contributed by atoms with Crippen LogP contribution in [0.3, 0.4) is 0 Å². The summed E-state index contributed by atoms with van der Waals surface area (Å²) in [6.07, 6.45) is 0.270. The van der Waals surface area contributed by atoms with Gasteiger partial charge in [0.1, 0.15) is 9.36 Å². The van der Waals surface area contributed by atoms with Crippen LogP contribution in [-0.2, 0) is 9.53 Å². The standard InChI is InChI=1S/C15H22Cl2N2O3S/c1-6-15(4,5)18-13(20)9(7-8(2)3)22-14(21)11-10(16)12(17)23-19-11/h8-9H,6-7H2,1-5H3,(H,18,20). The molecule has 1 aromatic rings. The van der Waals surface area contributed by atoms with Crippen molar-refractivity contribution in [2.45, 2.75) is 59.1 Å². The van der Waals surface area contributed by atoms with Gasteiger partial charge < -0.3 is 10.1 Å².